The van der Waals surface area contributed by atoms with Gasteiger partial charge in [0, 0.05) is 16.8 Å². The molecule has 0 spiro atoms. The predicted molar refractivity (Wildman–Crippen MR) is 83.7 cm³/mol. The quantitative estimate of drug-likeness (QED) is 0.666. The van der Waals surface area contributed by atoms with E-state index in [0.29, 0.717) is 17.5 Å². The summed E-state index contributed by atoms with van der Waals surface area (Å²) in [6, 6.07) is 8.17. The largest absolute Gasteiger partial charge is 0.236 e. The maximum Gasteiger partial charge on any atom is 0.147 e. The predicted octanol–water partition coefficient (Wildman–Crippen LogP) is 5.12. The zero-order chi connectivity index (χ0) is 13.4. The molecule has 0 bridgehead atoms. The molecule has 1 saturated carbocycles. The first-order chi connectivity index (χ1) is 9.13. The number of nitrogens with zero attached hydrogens (tertiary/aromatic N) is 2. The molecule has 1 heterocycles. The standard InChI is InChI=1S/C14H11Br2ClN2/c15-10-3-1-2-8(6-10)7-11-18-13(9-4-5-9)12(16)14(17)19-11/h1-3,6,9H,4-5,7H2. The molecule has 0 atom stereocenters. The van der Waals surface area contributed by atoms with Crippen molar-refractivity contribution in [2.45, 2.75) is 25.2 Å². The fourth-order valence-corrected chi connectivity index (χ4v) is 3.16. The summed E-state index contributed by atoms with van der Waals surface area (Å²) in [5.74, 6) is 1.34. The Morgan fingerprint density at radius 2 is 2.00 bits per heavy atom. The lowest BCUT2D eigenvalue weighted by Crippen LogP contribution is -2.02. The minimum Gasteiger partial charge on any atom is -0.236 e. The monoisotopic (exact) mass is 400 g/mol. The lowest BCUT2D eigenvalue weighted by Gasteiger charge is -2.07. The Balaban J connectivity index is 1.92. The average Bonchev–Trinajstić information content (AvgIpc) is 3.18. The molecular weight excluding hydrogens is 391 g/mol. The summed E-state index contributed by atoms with van der Waals surface area (Å²) in [4.78, 5) is 9.02. The molecule has 1 aromatic heterocycles. The number of hydrogen-bond acceptors (Lipinski definition) is 2. The van der Waals surface area contributed by atoms with Gasteiger partial charge in [-0.3, -0.25) is 0 Å². The van der Waals surface area contributed by atoms with Crippen LogP contribution in [0, 0.1) is 0 Å². The Morgan fingerprint density at radius 3 is 2.68 bits per heavy atom. The second-order valence-corrected chi connectivity index (χ2v) is 6.78. The fraction of sp³-hybridized carbons (Fsp3) is 0.286. The zero-order valence-electron chi connectivity index (χ0n) is 10.0. The Kier molecular flexibility index (Phi) is 3.92. The average molecular weight is 403 g/mol. The zero-order valence-corrected chi connectivity index (χ0v) is 14.0. The number of aromatic nitrogens is 2. The van der Waals surface area contributed by atoms with Crippen molar-refractivity contribution >= 4 is 43.5 Å². The maximum absolute atomic E-state index is 6.18. The van der Waals surface area contributed by atoms with Gasteiger partial charge in [-0.15, -0.1) is 0 Å². The summed E-state index contributed by atoms with van der Waals surface area (Å²) in [6.07, 6.45) is 3.09. The highest BCUT2D eigenvalue weighted by atomic mass is 79.9. The van der Waals surface area contributed by atoms with Gasteiger partial charge in [0.25, 0.3) is 0 Å². The van der Waals surface area contributed by atoms with Crippen LogP contribution in [0.5, 0.6) is 0 Å². The van der Waals surface area contributed by atoms with Crippen molar-refractivity contribution in [3.05, 3.63) is 55.4 Å². The van der Waals surface area contributed by atoms with E-state index < -0.39 is 0 Å². The van der Waals surface area contributed by atoms with E-state index in [1.807, 2.05) is 12.1 Å². The number of rotatable bonds is 3. The van der Waals surface area contributed by atoms with Gasteiger partial charge in [-0.25, -0.2) is 9.97 Å². The summed E-state index contributed by atoms with van der Waals surface area (Å²) in [6.45, 7) is 0. The van der Waals surface area contributed by atoms with Gasteiger partial charge in [0.05, 0.1) is 10.2 Å². The van der Waals surface area contributed by atoms with Crippen LogP contribution in [0.2, 0.25) is 5.15 Å². The van der Waals surface area contributed by atoms with Crippen molar-refractivity contribution in [3.8, 4) is 0 Å². The van der Waals surface area contributed by atoms with Crippen LogP contribution in [0.3, 0.4) is 0 Å². The molecule has 5 heteroatoms. The molecule has 98 valence electrons. The summed E-state index contributed by atoms with van der Waals surface area (Å²) < 4.78 is 1.92. The molecule has 2 aromatic rings. The fourth-order valence-electron chi connectivity index (χ4n) is 2.02. The minimum atomic E-state index is 0.516. The van der Waals surface area contributed by atoms with Crippen molar-refractivity contribution in [2.24, 2.45) is 0 Å². The molecule has 19 heavy (non-hydrogen) atoms. The number of benzene rings is 1. The Labute approximate surface area is 133 Å². The molecule has 0 aliphatic heterocycles. The minimum absolute atomic E-state index is 0.516. The Hall–Kier alpha value is -0.450. The van der Waals surface area contributed by atoms with Crippen LogP contribution in [0.15, 0.2) is 33.2 Å². The van der Waals surface area contributed by atoms with Gasteiger partial charge in [-0.05, 0) is 46.5 Å². The Bertz CT molecular complexity index is 627. The highest BCUT2D eigenvalue weighted by Gasteiger charge is 2.29. The second kappa shape index (κ2) is 5.51. The normalized spacial score (nSPS) is 14.7. The molecule has 0 amide bonds. The molecule has 2 nitrogen and oxygen atoms in total. The molecule has 0 N–H and O–H groups in total. The summed E-state index contributed by atoms with van der Waals surface area (Å²) in [5.41, 5.74) is 2.24. The van der Waals surface area contributed by atoms with Gasteiger partial charge < -0.3 is 0 Å². The van der Waals surface area contributed by atoms with Gasteiger partial charge in [0.2, 0.25) is 0 Å². The summed E-state index contributed by atoms with van der Waals surface area (Å²) >= 11 is 13.1. The maximum atomic E-state index is 6.18. The van der Waals surface area contributed by atoms with E-state index in [9.17, 15) is 0 Å². The van der Waals surface area contributed by atoms with Crippen LogP contribution in [0.1, 0.15) is 35.8 Å². The summed E-state index contributed by atoms with van der Waals surface area (Å²) in [5, 5.41) is 0.516. The summed E-state index contributed by atoms with van der Waals surface area (Å²) in [7, 11) is 0. The van der Waals surface area contributed by atoms with Gasteiger partial charge in [0.15, 0.2) is 0 Å². The van der Waals surface area contributed by atoms with E-state index in [4.69, 9.17) is 11.6 Å². The van der Waals surface area contributed by atoms with Crippen LogP contribution < -0.4 is 0 Å². The molecule has 3 rings (SSSR count). The van der Waals surface area contributed by atoms with E-state index >= 15 is 0 Å². The molecule has 0 unspecified atom stereocenters. The van der Waals surface area contributed by atoms with Crippen molar-refractivity contribution < 1.29 is 0 Å². The smallest absolute Gasteiger partial charge is 0.147 e. The molecule has 1 aliphatic carbocycles. The van der Waals surface area contributed by atoms with Crippen LogP contribution in [0.4, 0.5) is 0 Å². The first kappa shape index (κ1) is 13.5. The lowest BCUT2D eigenvalue weighted by atomic mass is 10.1. The molecule has 0 radical (unpaired) electrons. The van der Waals surface area contributed by atoms with Crippen LogP contribution in [-0.2, 0) is 6.42 Å². The number of hydrogen-bond donors (Lipinski definition) is 0. The van der Waals surface area contributed by atoms with E-state index in [1.165, 1.54) is 18.4 Å². The Morgan fingerprint density at radius 1 is 1.21 bits per heavy atom. The van der Waals surface area contributed by atoms with Gasteiger partial charge in [-0.1, -0.05) is 39.7 Å². The molecule has 1 aromatic carbocycles. The van der Waals surface area contributed by atoms with E-state index in [1.54, 1.807) is 0 Å². The molecule has 1 aliphatic rings. The topological polar surface area (TPSA) is 25.8 Å². The first-order valence-corrected chi connectivity index (χ1v) is 8.06. The molecule has 0 saturated heterocycles. The van der Waals surface area contributed by atoms with E-state index in [-0.39, 0.29) is 0 Å². The van der Waals surface area contributed by atoms with Crippen molar-refractivity contribution in [1.82, 2.24) is 9.97 Å². The van der Waals surface area contributed by atoms with Crippen molar-refractivity contribution in [3.63, 3.8) is 0 Å². The van der Waals surface area contributed by atoms with Gasteiger partial charge in [-0.2, -0.15) is 0 Å². The van der Waals surface area contributed by atoms with E-state index in [0.717, 1.165) is 20.5 Å². The number of halogens is 3. The van der Waals surface area contributed by atoms with Gasteiger partial charge in [0.1, 0.15) is 11.0 Å². The van der Waals surface area contributed by atoms with Crippen molar-refractivity contribution in [1.29, 1.82) is 0 Å². The van der Waals surface area contributed by atoms with Gasteiger partial charge >= 0.3 is 0 Å². The third-order valence-electron chi connectivity index (χ3n) is 3.10. The van der Waals surface area contributed by atoms with Crippen LogP contribution in [-0.4, -0.2) is 9.97 Å². The first-order valence-electron chi connectivity index (χ1n) is 6.10. The van der Waals surface area contributed by atoms with E-state index in [2.05, 4.69) is 54.0 Å². The lowest BCUT2D eigenvalue weighted by molar-refractivity contribution is 0.889. The molecular formula is C14H11Br2ClN2. The second-order valence-electron chi connectivity index (χ2n) is 4.71. The highest BCUT2D eigenvalue weighted by molar-refractivity contribution is 9.10. The molecule has 1 fully saturated rings. The van der Waals surface area contributed by atoms with Crippen LogP contribution >= 0.6 is 43.5 Å². The SMILES string of the molecule is Clc1nc(Cc2cccc(Br)c2)nc(C2CC2)c1Br. The van der Waals surface area contributed by atoms with Crippen LogP contribution in [0.25, 0.3) is 0 Å². The third-order valence-corrected chi connectivity index (χ3v) is 4.87. The van der Waals surface area contributed by atoms with Crippen molar-refractivity contribution in [2.75, 3.05) is 0 Å². The third kappa shape index (κ3) is 3.18. The highest BCUT2D eigenvalue weighted by Crippen LogP contribution is 2.43.